The van der Waals surface area contributed by atoms with Gasteiger partial charge in [-0.25, -0.2) is 0 Å². The Morgan fingerprint density at radius 3 is 2.75 bits per heavy atom. The molecule has 0 atom stereocenters. The molecule has 106 valence electrons. The first-order chi connectivity index (χ1) is 9.45. The quantitative estimate of drug-likeness (QED) is 0.907. The molecule has 20 heavy (non-hydrogen) atoms. The van der Waals surface area contributed by atoms with Crippen molar-refractivity contribution in [1.29, 1.82) is 0 Å². The number of rotatable bonds is 5. The zero-order chi connectivity index (χ0) is 14.7. The summed E-state index contributed by atoms with van der Waals surface area (Å²) in [6, 6.07) is 5.55. The van der Waals surface area contributed by atoms with Crippen LogP contribution < -0.4 is 0 Å². The highest BCUT2D eigenvalue weighted by atomic mass is 16.4. The highest BCUT2D eigenvalue weighted by Gasteiger charge is 2.12. The monoisotopic (exact) mass is 274 g/mol. The number of carboxylic acids is 1. The Hall–Kier alpha value is -2.17. The molecule has 1 aromatic heterocycles. The lowest BCUT2D eigenvalue weighted by Crippen LogP contribution is -2.02. The maximum atomic E-state index is 10.8. The maximum absolute atomic E-state index is 10.8. The van der Waals surface area contributed by atoms with Gasteiger partial charge >= 0.3 is 5.97 Å². The van der Waals surface area contributed by atoms with E-state index in [2.05, 4.69) is 24.0 Å². The van der Waals surface area contributed by atoms with Crippen LogP contribution in [0.4, 0.5) is 0 Å². The van der Waals surface area contributed by atoms with E-state index in [-0.39, 0.29) is 6.42 Å². The number of carbonyl (C=O) groups is 1. The highest BCUT2D eigenvalue weighted by molar-refractivity contribution is 5.71. The summed E-state index contributed by atoms with van der Waals surface area (Å²) in [5.41, 5.74) is 2.46. The summed E-state index contributed by atoms with van der Waals surface area (Å²) < 4.78 is 5.61. The van der Waals surface area contributed by atoms with Gasteiger partial charge in [0.25, 0.3) is 0 Å². The van der Waals surface area contributed by atoms with E-state index in [1.54, 1.807) is 6.07 Å². The minimum absolute atomic E-state index is 0.00728. The minimum atomic E-state index is -0.851. The summed E-state index contributed by atoms with van der Waals surface area (Å²) in [5.74, 6) is 0.641. The van der Waals surface area contributed by atoms with Gasteiger partial charge < -0.3 is 9.52 Å². The van der Waals surface area contributed by atoms with Crippen molar-refractivity contribution in [3.63, 3.8) is 0 Å². The second-order valence-electron chi connectivity index (χ2n) is 5.31. The van der Waals surface area contributed by atoms with Gasteiger partial charge in [-0.3, -0.25) is 4.79 Å². The number of hydrogen-bond acceptors (Lipinski definition) is 4. The van der Waals surface area contributed by atoms with Gasteiger partial charge in [0, 0.05) is 12.0 Å². The van der Waals surface area contributed by atoms with E-state index in [9.17, 15) is 4.79 Å². The molecule has 0 unspecified atom stereocenters. The summed E-state index contributed by atoms with van der Waals surface area (Å²) in [5, 5.41) is 16.9. The van der Waals surface area contributed by atoms with E-state index < -0.39 is 5.97 Å². The van der Waals surface area contributed by atoms with Crippen LogP contribution in [0.2, 0.25) is 0 Å². The number of aryl methyl sites for hydroxylation is 1. The van der Waals surface area contributed by atoms with Crippen molar-refractivity contribution in [2.75, 3.05) is 0 Å². The van der Waals surface area contributed by atoms with Crippen LogP contribution >= 0.6 is 0 Å². The summed E-state index contributed by atoms with van der Waals surface area (Å²) in [4.78, 5) is 10.8. The van der Waals surface area contributed by atoms with Gasteiger partial charge in [-0.15, -0.1) is 10.2 Å². The average molecular weight is 274 g/mol. The van der Waals surface area contributed by atoms with E-state index in [1.807, 2.05) is 19.1 Å². The third-order valence-corrected chi connectivity index (χ3v) is 2.99. The molecule has 0 radical (unpaired) electrons. The molecule has 0 aliphatic rings. The van der Waals surface area contributed by atoms with Crippen LogP contribution in [0.3, 0.4) is 0 Å². The van der Waals surface area contributed by atoms with Crippen molar-refractivity contribution in [2.45, 2.75) is 33.6 Å². The van der Waals surface area contributed by atoms with Crippen LogP contribution in [-0.4, -0.2) is 21.3 Å². The maximum Gasteiger partial charge on any atom is 0.307 e. The van der Waals surface area contributed by atoms with Gasteiger partial charge in [0.2, 0.25) is 11.8 Å². The summed E-state index contributed by atoms with van der Waals surface area (Å²) in [7, 11) is 0. The number of aromatic nitrogens is 2. The average Bonchev–Trinajstić information content (AvgIpc) is 2.79. The molecule has 2 rings (SSSR count). The Balaban J connectivity index is 2.28. The van der Waals surface area contributed by atoms with E-state index in [1.165, 1.54) is 0 Å². The summed E-state index contributed by atoms with van der Waals surface area (Å²) in [6.45, 7) is 6.06. The Bertz CT molecular complexity index is 617. The highest BCUT2D eigenvalue weighted by Crippen LogP contribution is 2.22. The summed E-state index contributed by atoms with van der Waals surface area (Å²) >= 11 is 0. The third kappa shape index (κ3) is 3.44. The largest absolute Gasteiger partial charge is 0.481 e. The van der Waals surface area contributed by atoms with Crippen LogP contribution in [0.1, 0.15) is 30.9 Å². The number of aliphatic carboxylic acids is 1. The van der Waals surface area contributed by atoms with E-state index in [4.69, 9.17) is 9.52 Å². The van der Waals surface area contributed by atoms with Crippen molar-refractivity contribution in [3.8, 4) is 11.5 Å². The zero-order valence-electron chi connectivity index (χ0n) is 11.9. The molecule has 0 amide bonds. The van der Waals surface area contributed by atoms with Gasteiger partial charge in [-0.2, -0.15) is 0 Å². The second-order valence-corrected chi connectivity index (χ2v) is 5.31. The molecular weight excluding hydrogens is 256 g/mol. The lowest BCUT2D eigenvalue weighted by atomic mass is 10.0. The fourth-order valence-corrected chi connectivity index (χ4v) is 1.96. The molecule has 1 N–H and O–H groups in total. The van der Waals surface area contributed by atoms with E-state index in [0.717, 1.165) is 23.1 Å². The topological polar surface area (TPSA) is 76.2 Å². The molecule has 0 spiro atoms. The molecule has 1 heterocycles. The molecule has 0 aliphatic heterocycles. The van der Waals surface area contributed by atoms with Gasteiger partial charge in [0.1, 0.15) is 0 Å². The minimum Gasteiger partial charge on any atom is -0.481 e. The number of nitrogens with zero attached hydrogens (tertiary/aromatic N) is 2. The fourth-order valence-electron chi connectivity index (χ4n) is 1.96. The Morgan fingerprint density at radius 1 is 1.35 bits per heavy atom. The Labute approximate surface area is 117 Å². The van der Waals surface area contributed by atoms with Gasteiger partial charge in [0.05, 0.1) is 6.42 Å². The predicted molar refractivity (Wildman–Crippen MR) is 74.4 cm³/mol. The molecule has 2 aromatic rings. The van der Waals surface area contributed by atoms with Crippen LogP contribution in [0, 0.1) is 12.8 Å². The van der Waals surface area contributed by atoms with Gasteiger partial charge in [0.15, 0.2) is 0 Å². The van der Waals surface area contributed by atoms with Crippen molar-refractivity contribution >= 4 is 5.97 Å². The molecule has 5 heteroatoms. The fraction of sp³-hybridized carbons (Fsp3) is 0.400. The number of carboxylic acid groups (broad SMARTS) is 1. The molecule has 1 aromatic carbocycles. The SMILES string of the molecule is Cc1ccc(-c2nnc(CC(C)C)o2)cc1CC(=O)O. The van der Waals surface area contributed by atoms with Gasteiger partial charge in [-0.1, -0.05) is 19.9 Å². The van der Waals surface area contributed by atoms with Crippen LogP contribution in [0.25, 0.3) is 11.5 Å². The van der Waals surface area contributed by atoms with Crippen molar-refractivity contribution in [1.82, 2.24) is 10.2 Å². The van der Waals surface area contributed by atoms with Crippen molar-refractivity contribution < 1.29 is 14.3 Å². The van der Waals surface area contributed by atoms with Crippen molar-refractivity contribution in [3.05, 3.63) is 35.2 Å². The van der Waals surface area contributed by atoms with E-state index >= 15 is 0 Å². The Morgan fingerprint density at radius 2 is 2.10 bits per heavy atom. The molecular formula is C15H18N2O3. The van der Waals surface area contributed by atoms with Crippen LogP contribution in [0.5, 0.6) is 0 Å². The lowest BCUT2D eigenvalue weighted by molar-refractivity contribution is -0.136. The van der Waals surface area contributed by atoms with Crippen molar-refractivity contribution in [2.24, 2.45) is 5.92 Å². The van der Waals surface area contributed by atoms with Gasteiger partial charge in [-0.05, 0) is 36.1 Å². The molecule has 0 fully saturated rings. The summed E-state index contributed by atoms with van der Waals surface area (Å²) in [6.07, 6.45) is 0.730. The van der Waals surface area contributed by atoms with Crippen LogP contribution in [0.15, 0.2) is 22.6 Å². The smallest absolute Gasteiger partial charge is 0.307 e. The first-order valence-corrected chi connectivity index (χ1v) is 6.59. The third-order valence-electron chi connectivity index (χ3n) is 2.99. The lowest BCUT2D eigenvalue weighted by Gasteiger charge is -2.04. The second kappa shape index (κ2) is 5.86. The van der Waals surface area contributed by atoms with E-state index in [0.29, 0.717) is 17.7 Å². The zero-order valence-corrected chi connectivity index (χ0v) is 11.9. The standard InChI is InChI=1S/C15H18N2O3/c1-9(2)6-13-16-17-15(20-13)11-5-4-10(3)12(7-11)8-14(18)19/h4-5,7,9H,6,8H2,1-3H3,(H,18,19). The molecule has 5 nitrogen and oxygen atoms in total. The first kappa shape index (κ1) is 14.2. The molecule has 0 bridgehead atoms. The normalized spacial score (nSPS) is 11.0. The predicted octanol–water partition coefficient (Wildman–Crippen LogP) is 2.87. The molecule has 0 saturated heterocycles. The number of hydrogen-bond donors (Lipinski definition) is 1. The first-order valence-electron chi connectivity index (χ1n) is 6.59. The number of benzene rings is 1. The molecule has 0 aliphatic carbocycles. The molecule has 0 saturated carbocycles. The van der Waals surface area contributed by atoms with Crippen LogP contribution in [-0.2, 0) is 17.6 Å². The Kier molecular flexibility index (Phi) is 4.17.